The van der Waals surface area contributed by atoms with Gasteiger partial charge in [-0.3, -0.25) is 9.59 Å². The molecule has 0 spiro atoms. The van der Waals surface area contributed by atoms with Gasteiger partial charge in [-0.25, -0.2) is 0 Å². The van der Waals surface area contributed by atoms with E-state index in [4.69, 9.17) is 0 Å². The van der Waals surface area contributed by atoms with Gasteiger partial charge in [0, 0.05) is 13.1 Å². The summed E-state index contributed by atoms with van der Waals surface area (Å²) in [7, 11) is 0. The number of hydrogen-bond donors (Lipinski definition) is 2. The van der Waals surface area contributed by atoms with Crippen molar-refractivity contribution in [1.82, 2.24) is 15.5 Å². The first-order valence-corrected chi connectivity index (χ1v) is 6.02. The van der Waals surface area contributed by atoms with Gasteiger partial charge in [0.1, 0.15) is 0 Å². The van der Waals surface area contributed by atoms with Crippen LogP contribution in [0.4, 0.5) is 0 Å². The average Bonchev–Trinajstić information content (AvgIpc) is 2.68. The van der Waals surface area contributed by atoms with Crippen molar-refractivity contribution in [2.45, 2.75) is 25.8 Å². The van der Waals surface area contributed by atoms with Gasteiger partial charge in [0.2, 0.25) is 11.8 Å². The lowest BCUT2D eigenvalue weighted by Gasteiger charge is -2.36. The van der Waals surface area contributed by atoms with Gasteiger partial charge in [0.25, 0.3) is 0 Å². The van der Waals surface area contributed by atoms with E-state index in [1.807, 2.05) is 11.8 Å². The van der Waals surface area contributed by atoms with Crippen molar-refractivity contribution >= 4 is 11.8 Å². The van der Waals surface area contributed by atoms with E-state index in [9.17, 15) is 9.59 Å². The van der Waals surface area contributed by atoms with Gasteiger partial charge in [-0.15, -0.1) is 0 Å². The van der Waals surface area contributed by atoms with Crippen molar-refractivity contribution in [3.63, 3.8) is 0 Å². The number of nitrogens with zero attached hydrogens (tertiary/aromatic N) is 1. The first-order valence-electron chi connectivity index (χ1n) is 6.02. The number of carbonyl (C=O) groups excluding carboxylic acids is 2. The lowest BCUT2D eigenvalue weighted by Crippen LogP contribution is -2.51. The lowest BCUT2D eigenvalue weighted by atomic mass is 9.91. The molecule has 2 saturated heterocycles. The fraction of sp³-hybridized carbons (Fsp3) is 0.818. The van der Waals surface area contributed by atoms with Gasteiger partial charge < -0.3 is 15.5 Å². The summed E-state index contributed by atoms with van der Waals surface area (Å²) in [6.45, 7) is 4.58. The van der Waals surface area contributed by atoms with Crippen LogP contribution in [0.5, 0.6) is 0 Å². The van der Waals surface area contributed by atoms with Crippen LogP contribution in [0.3, 0.4) is 0 Å². The van der Waals surface area contributed by atoms with Gasteiger partial charge in [-0.1, -0.05) is 6.92 Å². The molecule has 0 aromatic carbocycles. The van der Waals surface area contributed by atoms with E-state index >= 15 is 0 Å². The van der Waals surface area contributed by atoms with Crippen molar-refractivity contribution in [3.8, 4) is 0 Å². The third-order valence-electron chi connectivity index (χ3n) is 3.45. The van der Waals surface area contributed by atoms with Crippen molar-refractivity contribution < 1.29 is 9.59 Å². The Bertz CT molecular complexity index is 293. The first kappa shape index (κ1) is 11.4. The molecule has 2 aliphatic heterocycles. The zero-order valence-electron chi connectivity index (χ0n) is 9.66. The minimum atomic E-state index is 0.0272. The summed E-state index contributed by atoms with van der Waals surface area (Å²) in [5.74, 6) is 0.262. The molecule has 2 fully saturated rings. The minimum absolute atomic E-state index is 0.0272. The third kappa shape index (κ3) is 2.04. The Labute approximate surface area is 95.6 Å². The van der Waals surface area contributed by atoms with Crippen molar-refractivity contribution in [2.75, 3.05) is 26.2 Å². The van der Waals surface area contributed by atoms with Crippen LogP contribution >= 0.6 is 0 Å². The second kappa shape index (κ2) is 4.82. The Hall–Kier alpha value is -1.10. The van der Waals surface area contributed by atoms with Crippen LogP contribution in [-0.4, -0.2) is 48.9 Å². The number of hydrogen-bond acceptors (Lipinski definition) is 3. The Balaban J connectivity index is 1.98. The van der Waals surface area contributed by atoms with Crippen LogP contribution < -0.4 is 10.6 Å². The summed E-state index contributed by atoms with van der Waals surface area (Å²) in [5, 5.41) is 5.89. The number of nitrogens with one attached hydrogen (secondary N) is 2. The molecule has 2 unspecified atom stereocenters. The molecular formula is C11H19N3O2. The molecule has 2 N–H and O–H groups in total. The highest BCUT2D eigenvalue weighted by Gasteiger charge is 2.42. The van der Waals surface area contributed by atoms with Gasteiger partial charge in [-0.05, 0) is 19.4 Å². The maximum absolute atomic E-state index is 11.9. The summed E-state index contributed by atoms with van der Waals surface area (Å²) in [6.07, 6.45) is 1.86. The number of likely N-dealkylation sites (tertiary alicyclic amines) is 1. The lowest BCUT2D eigenvalue weighted by molar-refractivity contribution is -0.135. The zero-order valence-corrected chi connectivity index (χ0v) is 9.66. The highest BCUT2D eigenvalue weighted by Crippen LogP contribution is 2.27. The van der Waals surface area contributed by atoms with Gasteiger partial charge in [-0.2, -0.15) is 0 Å². The molecule has 0 saturated carbocycles. The Kier molecular flexibility index (Phi) is 3.43. The topological polar surface area (TPSA) is 61.4 Å². The predicted octanol–water partition coefficient (Wildman–Crippen LogP) is -0.667. The van der Waals surface area contributed by atoms with E-state index in [-0.39, 0.29) is 23.8 Å². The molecule has 90 valence electrons. The van der Waals surface area contributed by atoms with Gasteiger partial charge in [0.15, 0.2) is 0 Å². The summed E-state index contributed by atoms with van der Waals surface area (Å²) in [6, 6.07) is 0.0902. The molecular weight excluding hydrogens is 206 g/mol. The molecule has 5 nitrogen and oxygen atoms in total. The number of rotatable bonds is 3. The quantitative estimate of drug-likeness (QED) is 0.670. The van der Waals surface area contributed by atoms with E-state index in [2.05, 4.69) is 10.6 Å². The molecule has 2 amide bonds. The van der Waals surface area contributed by atoms with E-state index in [1.165, 1.54) is 0 Å². The van der Waals surface area contributed by atoms with Crippen molar-refractivity contribution in [3.05, 3.63) is 0 Å². The summed E-state index contributed by atoms with van der Waals surface area (Å²) in [4.78, 5) is 25.3. The molecule has 0 aliphatic carbocycles. The zero-order chi connectivity index (χ0) is 11.5. The third-order valence-corrected chi connectivity index (χ3v) is 3.45. The predicted molar refractivity (Wildman–Crippen MR) is 59.8 cm³/mol. The number of amides is 2. The van der Waals surface area contributed by atoms with Crippen LogP contribution in [0.15, 0.2) is 0 Å². The molecule has 2 rings (SSSR count). The van der Waals surface area contributed by atoms with Crippen LogP contribution in [-0.2, 0) is 9.59 Å². The molecule has 2 aliphatic rings. The molecule has 0 aromatic heterocycles. The highest BCUT2D eigenvalue weighted by atomic mass is 16.2. The fourth-order valence-corrected chi connectivity index (χ4v) is 2.59. The maximum atomic E-state index is 11.9. The molecule has 0 aromatic rings. The van der Waals surface area contributed by atoms with Crippen LogP contribution in [0, 0.1) is 5.92 Å². The summed E-state index contributed by atoms with van der Waals surface area (Å²) in [5.41, 5.74) is 0. The second-order valence-electron chi connectivity index (χ2n) is 4.43. The smallest absolute Gasteiger partial charge is 0.236 e. The number of piperidine rings is 1. The largest absolute Gasteiger partial charge is 0.354 e. The molecule has 2 heterocycles. The van der Waals surface area contributed by atoms with E-state index in [1.54, 1.807) is 0 Å². The van der Waals surface area contributed by atoms with Gasteiger partial charge in [0.05, 0.1) is 18.5 Å². The minimum Gasteiger partial charge on any atom is -0.354 e. The standard InChI is InChI=1S/C11H19N3O2/c1-2-12-7-10(15)14-5-3-4-8-9(14)6-13-11(8)16/h8-9,12H,2-7H2,1H3,(H,13,16). The Morgan fingerprint density at radius 1 is 1.62 bits per heavy atom. The van der Waals surface area contributed by atoms with E-state index < -0.39 is 0 Å². The van der Waals surface area contributed by atoms with Crippen LogP contribution in [0.1, 0.15) is 19.8 Å². The van der Waals surface area contributed by atoms with Crippen LogP contribution in [0.25, 0.3) is 0 Å². The van der Waals surface area contributed by atoms with Crippen molar-refractivity contribution in [2.24, 2.45) is 5.92 Å². The Morgan fingerprint density at radius 2 is 2.44 bits per heavy atom. The summed E-state index contributed by atoms with van der Waals surface area (Å²) < 4.78 is 0. The SMILES string of the molecule is CCNCC(=O)N1CCCC2C(=O)NCC21. The second-order valence-corrected chi connectivity index (χ2v) is 4.43. The normalized spacial score (nSPS) is 28.8. The monoisotopic (exact) mass is 225 g/mol. The Morgan fingerprint density at radius 3 is 3.19 bits per heavy atom. The van der Waals surface area contributed by atoms with Crippen molar-refractivity contribution in [1.29, 1.82) is 0 Å². The fourth-order valence-electron chi connectivity index (χ4n) is 2.59. The van der Waals surface area contributed by atoms with E-state index in [0.29, 0.717) is 13.1 Å². The molecule has 0 radical (unpaired) electrons. The maximum Gasteiger partial charge on any atom is 0.236 e. The number of likely N-dealkylation sites (N-methyl/N-ethyl adjacent to an activating group) is 1. The highest BCUT2D eigenvalue weighted by molar-refractivity contribution is 5.85. The molecule has 16 heavy (non-hydrogen) atoms. The number of fused-ring (bicyclic) bond motifs is 1. The van der Waals surface area contributed by atoms with E-state index in [0.717, 1.165) is 25.9 Å². The first-order chi connectivity index (χ1) is 7.74. The molecule has 2 atom stereocenters. The average molecular weight is 225 g/mol. The number of carbonyl (C=O) groups is 2. The summed E-state index contributed by atoms with van der Waals surface area (Å²) >= 11 is 0. The van der Waals surface area contributed by atoms with Gasteiger partial charge >= 0.3 is 0 Å². The molecule has 5 heteroatoms. The van der Waals surface area contributed by atoms with Crippen LogP contribution in [0.2, 0.25) is 0 Å². The molecule has 0 bridgehead atoms.